The second-order valence-electron chi connectivity index (χ2n) is 5.82. The van der Waals surface area contributed by atoms with Crippen molar-refractivity contribution in [2.24, 2.45) is 0 Å². The third kappa shape index (κ3) is 4.31. The molecule has 0 radical (unpaired) electrons. The minimum atomic E-state index is 0.0640. The number of amides is 1. The van der Waals surface area contributed by atoms with Gasteiger partial charge in [0, 0.05) is 18.8 Å². The van der Waals surface area contributed by atoms with E-state index in [0.29, 0.717) is 19.8 Å². The fraction of sp³-hybridized carbons (Fsp3) is 0.350. The second-order valence-corrected chi connectivity index (χ2v) is 5.82. The summed E-state index contributed by atoms with van der Waals surface area (Å²) in [4.78, 5) is 14.4. The molecule has 1 heterocycles. The molecule has 0 fully saturated rings. The average Bonchev–Trinajstić information content (AvgIpc) is 3.08. The summed E-state index contributed by atoms with van der Waals surface area (Å²) in [6, 6.07) is 15.7. The molecular formula is C20H24N2O3. The summed E-state index contributed by atoms with van der Waals surface area (Å²) in [7, 11) is 0. The highest BCUT2D eigenvalue weighted by Crippen LogP contribution is 2.28. The van der Waals surface area contributed by atoms with Crippen LogP contribution in [0, 0.1) is 0 Å². The van der Waals surface area contributed by atoms with E-state index in [4.69, 9.17) is 9.47 Å². The molecule has 0 saturated carbocycles. The van der Waals surface area contributed by atoms with Crippen molar-refractivity contribution in [2.75, 3.05) is 43.1 Å². The Bertz CT molecular complexity index is 718. The Morgan fingerprint density at radius 3 is 2.80 bits per heavy atom. The molecule has 0 bridgehead atoms. The maximum Gasteiger partial charge on any atom is 0.246 e. The van der Waals surface area contributed by atoms with Crippen LogP contribution in [0.2, 0.25) is 0 Å². The molecule has 1 aliphatic rings. The lowest BCUT2D eigenvalue weighted by Crippen LogP contribution is -2.34. The lowest BCUT2D eigenvalue weighted by Gasteiger charge is -2.19. The number of rotatable bonds is 8. The Morgan fingerprint density at radius 2 is 1.92 bits per heavy atom. The summed E-state index contributed by atoms with van der Waals surface area (Å²) in [5, 5.41) is 3.20. The zero-order valence-electron chi connectivity index (χ0n) is 14.5. The van der Waals surface area contributed by atoms with Crippen LogP contribution in [0.3, 0.4) is 0 Å². The lowest BCUT2D eigenvalue weighted by molar-refractivity contribution is -0.116. The minimum absolute atomic E-state index is 0.0640. The zero-order valence-corrected chi connectivity index (χ0v) is 14.5. The van der Waals surface area contributed by atoms with Crippen molar-refractivity contribution in [1.82, 2.24) is 0 Å². The molecule has 132 valence electrons. The first-order valence-corrected chi connectivity index (χ1v) is 8.71. The maximum absolute atomic E-state index is 12.6. The number of carbonyl (C=O) groups is 1. The molecule has 1 amide bonds. The van der Waals surface area contributed by atoms with Gasteiger partial charge < -0.3 is 19.7 Å². The monoisotopic (exact) mass is 340 g/mol. The van der Waals surface area contributed by atoms with Gasteiger partial charge in [-0.1, -0.05) is 30.3 Å². The summed E-state index contributed by atoms with van der Waals surface area (Å²) in [5.41, 5.74) is 3.07. The smallest absolute Gasteiger partial charge is 0.246 e. The van der Waals surface area contributed by atoms with E-state index >= 15 is 0 Å². The molecule has 0 atom stereocenters. The van der Waals surface area contributed by atoms with E-state index in [-0.39, 0.29) is 12.5 Å². The minimum Gasteiger partial charge on any atom is -0.489 e. The number of benzene rings is 2. The molecule has 0 unspecified atom stereocenters. The summed E-state index contributed by atoms with van der Waals surface area (Å²) < 4.78 is 11.0. The zero-order chi connectivity index (χ0) is 17.5. The van der Waals surface area contributed by atoms with Gasteiger partial charge in [0.15, 0.2) is 0 Å². The molecule has 25 heavy (non-hydrogen) atoms. The van der Waals surface area contributed by atoms with E-state index in [1.165, 1.54) is 5.56 Å². The predicted molar refractivity (Wildman–Crippen MR) is 99.4 cm³/mol. The summed E-state index contributed by atoms with van der Waals surface area (Å²) in [6.45, 7) is 4.65. The van der Waals surface area contributed by atoms with Gasteiger partial charge in [0.1, 0.15) is 12.4 Å². The van der Waals surface area contributed by atoms with Gasteiger partial charge in [-0.15, -0.1) is 0 Å². The number of nitrogens with one attached hydrogen (secondary N) is 1. The molecule has 5 nitrogen and oxygen atoms in total. The first kappa shape index (κ1) is 17.3. The van der Waals surface area contributed by atoms with Crippen LogP contribution < -0.4 is 15.0 Å². The highest BCUT2D eigenvalue weighted by Gasteiger charge is 2.23. The first-order valence-electron chi connectivity index (χ1n) is 8.71. The normalized spacial score (nSPS) is 12.8. The predicted octanol–water partition coefficient (Wildman–Crippen LogP) is 3.10. The number of para-hydroxylation sites is 3. The van der Waals surface area contributed by atoms with E-state index in [2.05, 4.69) is 11.4 Å². The van der Waals surface area contributed by atoms with Crippen LogP contribution in [0.5, 0.6) is 5.75 Å². The van der Waals surface area contributed by atoms with Crippen LogP contribution >= 0.6 is 0 Å². The summed E-state index contributed by atoms with van der Waals surface area (Å²) in [5.74, 6) is 0.797. The van der Waals surface area contributed by atoms with E-state index < -0.39 is 0 Å². The van der Waals surface area contributed by atoms with Gasteiger partial charge in [-0.25, -0.2) is 0 Å². The molecule has 2 aromatic carbocycles. The summed E-state index contributed by atoms with van der Waals surface area (Å²) >= 11 is 0. The first-order chi connectivity index (χ1) is 12.3. The molecule has 5 heteroatoms. The van der Waals surface area contributed by atoms with E-state index in [9.17, 15) is 4.79 Å². The van der Waals surface area contributed by atoms with Gasteiger partial charge in [0.05, 0.1) is 18.8 Å². The van der Waals surface area contributed by atoms with Gasteiger partial charge in [0.2, 0.25) is 5.91 Å². The van der Waals surface area contributed by atoms with E-state index in [1.807, 2.05) is 54.3 Å². The largest absolute Gasteiger partial charge is 0.489 e. The quantitative estimate of drug-likeness (QED) is 0.750. The van der Waals surface area contributed by atoms with E-state index in [1.54, 1.807) is 0 Å². The number of hydrogen-bond acceptors (Lipinski definition) is 4. The van der Waals surface area contributed by atoms with Crippen LogP contribution in [0.4, 0.5) is 11.4 Å². The fourth-order valence-electron chi connectivity index (χ4n) is 2.96. The standard InChI is InChI=1S/C20H24N2O3/c1-2-24-13-14-25-19-10-6-4-8-17(19)21-15-20(23)22-12-11-16-7-3-5-9-18(16)22/h3-10,21H,2,11-15H2,1H3. The van der Waals surface area contributed by atoms with Gasteiger partial charge in [-0.3, -0.25) is 4.79 Å². The molecule has 1 aliphatic heterocycles. The molecule has 0 saturated heterocycles. The maximum atomic E-state index is 12.6. The molecule has 1 N–H and O–H groups in total. The lowest BCUT2D eigenvalue weighted by atomic mass is 10.2. The number of carbonyl (C=O) groups excluding carboxylic acids is 1. The van der Waals surface area contributed by atoms with Crippen molar-refractivity contribution >= 4 is 17.3 Å². The van der Waals surface area contributed by atoms with Gasteiger partial charge in [0.25, 0.3) is 0 Å². The van der Waals surface area contributed by atoms with Crippen molar-refractivity contribution in [1.29, 1.82) is 0 Å². The van der Waals surface area contributed by atoms with E-state index in [0.717, 1.165) is 30.1 Å². The fourth-order valence-corrected chi connectivity index (χ4v) is 2.96. The SMILES string of the molecule is CCOCCOc1ccccc1NCC(=O)N1CCc2ccccc21. The van der Waals surface area contributed by atoms with Gasteiger partial charge in [-0.2, -0.15) is 0 Å². The van der Waals surface area contributed by atoms with Crippen LogP contribution in [0.1, 0.15) is 12.5 Å². The van der Waals surface area contributed by atoms with Crippen molar-refractivity contribution in [2.45, 2.75) is 13.3 Å². The Kier molecular flexibility index (Phi) is 5.90. The molecular weight excluding hydrogens is 316 g/mol. The molecule has 2 aromatic rings. The molecule has 0 spiro atoms. The van der Waals surface area contributed by atoms with Crippen LogP contribution in [0.15, 0.2) is 48.5 Å². The second kappa shape index (κ2) is 8.53. The van der Waals surface area contributed by atoms with Crippen LogP contribution in [-0.2, 0) is 16.0 Å². The van der Waals surface area contributed by atoms with Crippen LogP contribution in [-0.4, -0.2) is 38.8 Å². The van der Waals surface area contributed by atoms with Crippen molar-refractivity contribution < 1.29 is 14.3 Å². The van der Waals surface area contributed by atoms with Crippen molar-refractivity contribution in [3.63, 3.8) is 0 Å². The molecule has 0 aromatic heterocycles. The van der Waals surface area contributed by atoms with Crippen LogP contribution in [0.25, 0.3) is 0 Å². The molecule has 3 rings (SSSR count). The van der Waals surface area contributed by atoms with Gasteiger partial charge in [-0.05, 0) is 37.1 Å². The highest BCUT2D eigenvalue weighted by atomic mass is 16.5. The van der Waals surface area contributed by atoms with Gasteiger partial charge >= 0.3 is 0 Å². The topological polar surface area (TPSA) is 50.8 Å². The average molecular weight is 340 g/mol. The number of nitrogens with zero attached hydrogens (tertiary/aromatic N) is 1. The number of anilines is 2. The highest BCUT2D eigenvalue weighted by molar-refractivity contribution is 5.98. The summed E-state index contributed by atoms with van der Waals surface area (Å²) in [6.07, 6.45) is 0.916. The molecule has 0 aliphatic carbocycles. The Morgan fingerprint density at radius 1 is 1.12 bits per heavy atom. The van der Waals surface area contributed by atoms with Crippen molar-refractivity contribution in [3.05, 3.63) is 54.1 Å². The van der Waals surface area contributed by atoms with Crippen molar-refractivity contribution in [3.8, 4) is 5.75 Å². The Labute approximate surface area is 148 Å². The number of ether oxygens (including phenoxy) is 2. The Balaban J connectivity index is 1.58. The third-order valence-electron chi connectivity index (χ3n) is 4.19. The number of hydrogen-bond donors (Lipinski definition) is 1. The third-order valence-corrected chi connectivity index (χ3v) is 4.19. The number of fused-ring (bicyclic) bond motifs is 1. The Hall–Kier alpha value is -2.53.